The van der Waals surface area contributed by atoms with Crippen LogP contribution in [-0.2, 0) is 0 Å². The van der Waals surface area contributed by atoms with Gasteiger partial charge in [-0.1, -0.05) is 70.1 Å². The number of fused-ring (bicyclic) bond motifs is 2. The smallest absolute Gasteiger partial charge is 0.0159 e. The van der Waals surface area contributed by atoms with Crippen molar-refractivity contribution in [1.29, 1.82) is 0 Å². The Hall–Kier alpha value is -0.520. The van der Waals surface area contributed by atoms with Crippen molar-refractivity contribution in [3.05, 3.63) is 23.8 Å². The SMILES string of the molecule is CCCCCCCCCCC=CC1=CC2CCC1C2. The Bertz CT molecular complexity index is 297. The minimum atomic E-state index is 0.930. The maximum Gasteiger partial charge on any atom is -0.0159 e. The minimum absolute atomic E-state index is 0.930. The maximum atomic E-state index is 2.54. The van der Waals surface area contributed by atoms with E-state index < -0.39 is 0 Å². The molecule has 2 bridgehead atoms. The molecule has 0 aliphatic heterocycles. The van der Waals surface area contributed by atoms with Crippen molar-refractivity contribution in [1.82, 2.24) is 0 Å². The van der Waals surface area contributed by atoms with Crippen LogP contribution < -0.4 is 0 Å². The first kappa shape index (κ1) is 14.9. The molecule has 0 aromatic carbocycles. The highest BCUT2D eigenvalue weighted by atomic mass is 14.4. The first-order valence-electron chi connectivity index (χ1n) is 8.78. The first-order valence-corrected chi connectivity index (χ1v) is 8.78. The van der Waals surface area contributed by atoms with Gasteiger partial charge in [0.2, 0.25) is 0 Å². The second-order valence-electron chi connectivity index (χ2n) is 6.60. The molecule has 0 N–H and O–H groups in total. The van der Waals surface area contributed by atoms with Crippen LogP contribution >= 0.6 is 0 Å². The molecule has 0 amide bonds. The molecule has 0 spiro atoms. The summed E-state index contributed by atoms with van der Waals surface area (Å²) >= 11 is 0. The summed E-state index contributed by atoms with van der Waals surface area (Å²) in [7, 11) is 0. The summed E-state index contributed by atoms with van der Waals surface area (Å²) in [5.74, 6) is 1.87. The van der Waals surface area contributed by atoms with Gasteiger partial charge in [0.25, 0.3) is 0 Å². The Morgan fingerprint density at radius 3 is 2.37 bits per heavy atom. The van der Waals surface area contributed by atoms with Gasteiger partial charge in [-0.2, -0.15) is 0 Å². The predicted octanol–water partition coefficient (Wildman–Crippen LogP) is 6.43. The van der Waals surface area contributed by atoms with Crippen LogP contribution in [0.4, 0.5) is 0 Å². The van der Waals surface area contributed by atoms with E-state index in [1.54, 1.807) is 5.57 Å². The molecule has 2 unspecified atom stereocenters. The van der Waals surface area contributed by atoms with Crippen molar-refractivity contribution in [3.8, 4) is 0 Å². The van der Waals surface area contributed by atoms with Crippen molar-refractivity contribution in [3.63, 3.8) is 0 Å². The number of allylic oxidation sites excluding steroid dienone is 4. The third-order valence-electron chi connectivity index (χ3n) is 4.91. The molecule has 1 fully saturated rings. The van der Waals surface area contributed by atoms with Gasteiger partial charge >= 0.3 is 0 Å². The minimum Gasteiger partial charge on any atom is -0.0843 e. The summed E-state index contributed by atoms with van der Waals surface area (Å²) in [6.45, 7) is 2.29. The van der Waals surface area contributed by atoms with Gasteiger partial charge in [0.05, 0.1) is 0 Å². The largest absolute Gasteiger partial charge is 0.0843 e. The van der Waals surface area contributed by atoms with E-state index in [0.29, 0.717) is 0 Å². The van der Waals surface area contributed by atoms with Gasteiger partial charge in [0.15, 0.2) is 0 Å². The molecular weight excluding hydrogens is 228 g/mol. The lowest BCUT2D eigenvalue weighted by Gasteiger charge is -2.08. The van der Waals surface area contributed by atoms with Crippen molar-refractivity contribution >= 4 is 0 Å². The number of unbranched alkanes of at least 4 members (excludes halogenated alkanes) is 8. The average Bonchev–Trinajstić information content (AvgIpc) is 3.03. The maximum absolute atomic E-state index is 2.54. The van der Waals surface area contributed by atoms with E-state index in [9.17, 15) is 0 Å². The van der Waals surface area contributed by atoms with E-state index in [0.717, 1.165) is 11.8 Å². The van der Waals surface area contributed by atoms with Crippen LogP contribution in [-0.4, -0.2) is 0 Å². The zero-order valence-electron chi connectivity index (χ0n) is 12.9. The second kappa shape index (κ2) is 8.61. The lowest BCUT2D eigenvalue weighted by atomic mass is 9.98. The molecule has 0 saturated heterocycles. The third kappa shape index (κ3) is 5.16. The molecule has 0 radical (unpaired) electrons. The summed E-state index contributed by atoms with van der Waals surface area (Å²) in [6.07, 6.45) is 24.5. The van der Waals surface area contributed by atoms with Crippen LogP contribution in [0.2, 0.25) is 0 Å². The van der Waals surface area contributed by atoms with Gasteiger partial charge in [-0.15, -0.1) is 0 Å². The zero-order chi connectivity index (χ0) is 13.3. The van der Waals surface area contributed by atoms with E-state index in [1.165, 1.54) is 77.0 Å². The van der Waals surface area contributed by atoms with E-state index in [1.807, 2.05) is 0 Å². The van der Waals surface area contributed by atoms with Gasteiger partial charge in [-0.3, -0.25) is 0 Å². The van der Waals surface area contributed by atoms with Crippen molar-refractivity contribution in [2.45, 2.75) is 84.0 Å². The molecule has 108 valence electrons. The molecule has 0 aromatic heterocycles. The molecule has 2 atom stereocenters. The quantitative estimate of drug-likeness (QED) is 0.397. The molecule has 0 heterocycles. The van der Waals surface area contributed by atoms with E-state index in [2.05, 4.69) is 25.2 Å². The molecule has 2 aliphatic carbocycles. The first-order chi connectivity index (χ1) is 9.40. The fourth-order valence-corrected chi connectivity index (χ4v) is 3.69. The lowest BCUT2D eigenvalue weighted by molar-refractivity contribution is 0.577. The highest BCUT2D eigenvalue weighted by Crippen LogP contribution is 2.44. The van der Waals surface area contributed by atoms with Gasteiger partial charge in [0.1, 0.15) is 0 Å². The standard InChI is InChI=1S/C19H32/c1-2-3-4-5-6-7-8-9-10-11-12-18-15-17-13-14-19(18)16-17/h11-12,15,17,19H,2-10,13-14,16H2,1H3. The number of hydrogen-bond acceptors (Lipinski definition) is 0. The zero-order valence-corrected chi connectivity index (χ0v) is 12.9. The highest BCUT2D eigenvalue weighted by molar-refractivity contribution is 5.29. The normalized spacial score (nSPS) is 25.4. The summed E-state index contributed by atoms with van der Waals surface area (Å²) < 4.78 is 0. The van der Waals surface area contributed by atoms with Gasteiger partial charge in [-0.05, 0) is 49.5 Å². The number of hydrogen-bond donors (Lipinski definition) is 0. The Kier molecular flexibility index (Phi) is 6.74. The van der Waals surface area contributed by atoms with Crippen LogP contribution in [0, 0.1) is 11.8 Å². The lowest BCUT2D eigenvalue weighted by Crippen LogP contribution is -1.93. The molecule has 0 nitrogen and oxygen atoms in total. The van der Waals surface area contributed by atoms with Crippen LogP contribution in [0.5, 0.6) is 0 Å². The molecule has 0 heteroatoms. The Morgan fingerprint density at radius 1 is 1.00 bits per heavy atom. The number of rotatable bonds is 10. The van der Waals surface area contributed by atoms with Crippen LogP contribution in [0.15, 0.2) is 23.8 Å². The summed E-state index contributed by atoms with van der Waals surface area (Å²) in [5.41, 5.74) is 1.66. The van der Waals surface area contributed by atoms with E-state index >= 15 is 0 Å². The van der Waals surface area contributed by atoms with Gasteiger partial charge < -0.3 is 0 Å². The average molecular weight is 260 g/mol. The highest BCUT2D eigenvalue weighted by Gasteiger charge is 2.30. The van der Waals surface area contributed by atoms with Crippen LogP contribution in [0.25, 0.3) is 0 Å². The summed E-state index contributed by atoms with van der Waals surface area (Å²) in [6, 6.07) is 0. The molecule has 2 rings (SSSR count). The van der Waals surface area contributed by atoms with Crippen molar-refractivity contribution in [2.24, 2.45) is 11.8 Å². The molecule has 0 aromatic rings. The molecule has 1 saturated carbocycles. The Labute approximate surface area is 120 Å². The van der Waals surface area contributed by atoms with Crippen molar-refractivity contribution < 1.29 is 0 Å². The third-order valence-corrected chi connectivity index (χ3v) is 4.91. The molecule has 2 aliphatic rings. The summed E-state index contributed by atoms with van der Waals surface area (Å²) in [4.78, 5) is 0. The fourth-order valence-electron chi connectivity index (χ4n) is 3.69. The Balaban J connectivity index is 1.43. The van der Waals surface area contributed by atoms with E-state index in [-0.39, 0.29) is 0 Å². The van der Waals surface area contributed by atoms with Crippen LogP contribution in [0.3, 0.4) is 0 Å². The fraction of sp³-hybridized carbons (Fsp3) is 0.789. The summed E-state index contributed by atoms with van der Waals surface area (Å²) in [5, 5.41) is 0. The van der Waals surface area contributed by atoms with Crippen LogP contribution in [0.1, 0.15) is 84.0 Å². The van der Waals surface area contributed by atoms with Gasteiger partial charge in [-0.25, -0.2) is 0 Å². The monoisotopic (exact) mass is 260 g/mol. The predicted molar refractivity (Wildman–Crippen MR) is 85.3 cm³/mol. The molecular formula is C19H32. The second-order valence-corrected chi connectivity index (χ2v) is 6.60. The van der Waals surface area contributed by atoms with Gasteiger partial charge in [0, 0.05) is 0 Å². The topological polar surface area (TPSA) is 0 Å². The Morgan fingerprint density at radius 2 is 1.74 bits per heavy atom. The molecule has 19 heavy (non-hydrogen) atoms. The van der Waals surface area contributed by atoms with Crippen molar-refractivity contribution in [2.75, 3.05) is 0 Å². The van der Waals surface area contributed by atoms with E-state index in [4.69, 9.17) is 0 Å².